The van der Waals surface area contributed by atoms with Crippen LogP contribution in [0.5, 0.6) is 0 Å². The lowest BCUT2D eigenvalue weighted by Crippen LogP contribution is -2.42. The minimum absolute atomic E-state index is 0.0341. The van der Waals surface area contributed by atoms with Crippen LogP contribution >= 0.6 is 0 Å². The van der Waals surface area contributed by atoms with Crippen LogP contribution < -0.4 is 11.1 Å². The SMILES string of the molecule is Nc1nccnc1C(=O)NC1CCCC(C(F)(F)F)C1. The molecule has 1 amide bonds. The van der Waals surface area contributed by atoms with Crippen molar-refractivity contribution in [2.75, 3.05) is 5.73 Å². The Morgan fingerprint density at radius 2 is 2.00 bits per heavy atom. The van der Waals surface area contributed by atoms with Crippen LogP contribution in [0.4, 0.5) is 19.0 Å². The molecular weight excluding hydrogens is 273 g/mol. The lowest BCUT2D eigenvalue weighted by molar-refractivity contribution is -0.183. The number of aromatic nitrogens is 2. The highest BCUT2D eigenvalue weighted by Crippen LogP contribution is 2.37. The summed E-state index contributed by atoms with van der Waals surface area (Å²) in [6.07, 6.45) is -0.589. The van der Waals surface area contributed by atoms with Gasteiger partial charge in [0.2, 0.25) is 0 Å². The van der Waals surface area contributed by atoms with Gasteiger partial charge in [-0.1, -0.05) is 6.42 Å². The minimum atomic E-state index is -4.21. The molecule has 20 heavy (non-hydrogen) atoms. The van der Waals surface area contributed by atoms with E-state index in [1.54, 1.807) is 0 Å². The molecule has 1 heterocycles. The van der Waals surface area contributed by atoms with Crippen molar-refractivity contribution < 1.29 is 18.0 Å². The van der Waals surface area contributed by atoms with Gasteiger partial charge in [-0.15, -0.1) is 0 Å². The molecular formula is C12H15F3N4O. The van der Waals surface area contributed by atoms with Gasteiger partial charge in [-0.3, -0.25) is 4.79 Å². The number of nitrogens with zero attached hydrogens (tertiary/aromatic N) is 2. The third-order valence-electron chi connectivity index (χ3n) is 3.41. The van der Waals surface area contributed by atoms with Gasteiger partial charge in [0.25, 0.3) is 5.91 Å². The number of amides is 1. The Morgan fingerprint density at radius 3 is 2.65 bits per heavy atom. The normalized spacial score (nSPS) is 23.4. The van der Waals surface area contributed by atoms with Gasteiger partial charge in [-0.25, -0.2) is 9.97 Å². The maximum atomic E-state index is 12.7. The molecule has 1 aromatic rings. The molecule has 0 saturated heterocycles. The lowest BCUT2D eigenvalue weighted by Gasteiger charge is -2.30. The largest absolute Gasteiger partial charge is 0.391 e. The average Bonchev–Trinajstić information content (AvgIpc) is 2.38. The number of nitrogens with two attached hydrogens (primary N) is 1. The zero-order valence-corrected chi connectivity index (χ0v) is 10.7. The molecule has 2 rings (SSSR count). The third kappa shape index (κ3) is 3.37. The molecule has 1 aliphatic carbocycles. The Hall–Kier alpha value is -1.86. The fraction of sp³-hybridized carbons (Fsp3) is 0.583. The van der Waals surface area contributed by atoms with Crippen LogP contribution in [0.25, 0.3) is 0 Å². The van der Waals surface area contributed by atoms with E-state index in [1.165, 1.54) is 12.4 Å². The molecule has 2 unspecified atom stereocenters. The summed E-state index contributed by atoms with van der Waals surface area (Å²) < 4.78 is 38.1. The van der Waals surface area contributed by atoms with E-state index >= 15 is 0 Å². The molecule has 8 heteroatoms. The molecule has 0 aliphatic heterocycles. The van der Waals surface area contributed by atoms with Crippen molar-refractivity contribution in [3.8, 4) is 0 Å². The third-order valence-corrected chi connectivity index (χ3v) is 3.41. The van der Waals surface area contributed by atoms with Crippen molar-refractivity contribution in [2.24, 2.45) is 5.92 Å². The molecule has 0 bridgehead atoms. The van der Waals surface area contributed by atoms with Crippen LogP contribution in [0.2, 0.25) is 0 Å². The first kappa shape index (κ1) is 14.5. The highest BCUT2D eigenvalue weighted by Gasteiger charge is 2.42. The summed E-state index contributed by atoms with van der Waals surface area (Å²) in [4.78, 5) is 19.4. The number of hydrogen-bond donors (Lipinski definition) is 2. The van der Waals surface area contributed by atoms with E-state index in [0.717, 1.165) is 0 Å². The molecule has 110 valence electrons. The van der Waals surface area contributed by atoms with E-state index in [2.05, 4.69) is 15.3 Å². The number of anilines is 1. The van der Waals surface area contributed by atoms with Crippen LogP contribution in [-0.4, -0.2) is 28.1 Å². The van der Waals surface area contributed by atoms with Crippen molar-refractivity contribution in [1.29, 1.82) is 0 Å². The van der Waals surface area contributed by atoms with Crippen molar-refractivity contribution in [3.63, 3.8) is 0 Å². The summed E-state index contributed by atoms with van der Waals surface area (Å²) in [5, 5.41) is 2.56. The zero-order chi connectivity index (χ0) is 14.8. The molecule has 5 nitrogen and oxygen atoms in total. The highest BCUT2D eigenvalue weighted by atomic mass is 19.4. The van der Waals surface area contributed by atoms with E-state index in [1.807, 2.05) is 0 Å². The molecule has 3 N–H and O–H groups in total. The first-order valence-electron chi connectivity index (χ1n) is 6.32. The Balaban J connectivity index is 2.00. The standard InChI is InChI=1S/C12H15F3N4O/c13-12(14,15)7-2-1-3-8(6-7)19-11(20)9-10(16)18-5-4-17-9/h4-5,7-8H,1-3,6H2,(H2,16,18)(H,19,20). The van der Waals surface area contributed by atoms with Gasteiger partial charge in [-0.05, 0) is 19.3 Å². The Bertz CT molecular complexity index is 492. The van der Waals surface area contributed by atoms with Crippen molar-refractivity contribution >= 4 is 11.7 Å². The first-order chi connectivity index (χ1) is 9.38. The van der Waals surface area contributed by atoms with Crippen LogP contribution in [0.15, 0.2) is 12.4 Å². The molecule has 0 radical (unpaired) electrons. The summed E-state index contributed by atoms with van der Waals surface area (Å²) in [7, 11) is 0. The van der Waals surface area contributed by atoms with Gasteiger partial charge < -0.3 is 11.1 Å². The summed E-state index contributed by atoms with van der Waals surface area (Å²) in [6.45, 7) is 0. The number of alkyl halides is 3. The van der Waals surface area contributed by atoms with Crippen LogP contribution in [-0.2, 0) is 0 Å². The smallest absolute Gasteiger partial charge is 0.382 e. The van der Waals surface area contributed by atoms with E-state index in [-0.39, 0.29) is 24.4 Å². The summed E-state index contributed by atoms with van der Waals surface area (Å²) in [5.74, 6) is -1.97. The molecule has 0 aromatic carbocycles. The molecule has 1 saturated carbocycles. The number of halogens is 3. The Kier molecular flexibility index (Phi) is 4.10. The molecule has 2 atom stereocenters. The minimum Gasteiger partial charge on any atom is -0.382 e. The van der Waals surface area contributed by atoms with E-state index < -0.39 is 24.0 Å². The number of nitrogen functional groups attached to an aromatic ring is 1. The predicted molar refractivity (Wildman–Crippen MR) is 65.7 cm³/mol. The number of carbonyl (C=O) groups is 1. The summed E-state index contributed by atoms with van der Waals surface area (Å²) >= 11 is 0. The van der Waals surface area contributed by atoms with Gasteiger partial charge in [-0.2, -0.15) is 13.2 Å². The van der Waals surface area contributed by atoms with Gasteiger partial charge in [0, 0.05) is 18.4 Å². The van der Waals surface area contributed by atoms with Crippen LogP contribution in [0, 0.1) is 5.92 Å². The second-order valence-corrected chi connectivity index (χ2v) is 4.87. The second kappa shape index (κ2) is 5.64. The first-order valence-corrected chi connectivity index (χ1v) is 6.32. The quantitative estimate of drug-likeness (QED) is 0.871. The van der Waals surface area contributed by atoms with E-state index in [9.17, 15) is 18.0 Å². The number of carbonyl (C=O) groups excluding carboxylic acids is 1. The maximum Gasteiger partial charge on any atom is 0.391 e. The zero-order valence-electron chi connectivity index (χ0n) is 10.7. The van der Waals surface area contributed by atoms with Crippen molar-refractivity contribution in [1.82, 2.24) is 15.3 Å². The van der Waals surface area contributed by atoms with E-state index in [0.29, 0.717) is 12.8 Å². The van der Waals surface area contributed by atoms with Gasteiger partial charge in [0.15, 0.2) is 11.5 Å². The highest BCUT2D eigenvalue weighted by molar-refractivity contribution is 5.96. The molecule has 1 aromatic heterocycles. The molecule has 1 aliphatic rings. The molecule has 1 fully saturated rings. The van der Waals surface area contributed by atoms with Crippen molar-refractivity contribution in [2.45, 2.75) is 37.9 Å². The number of rotatable bonds is 2. The van der Waals surface area contributed by atoms with Crippen LogP contribution in [0.1, 0.15) is 36.2 Å². The monoisotopic (exact) mass is 288 g/mol. The lowest BCUT2D eigenvalue weighted by atomic mass is 9.85. The van der Waals surface area contributed by atoms with E-state index in [4.69, 9.17) is 5.73 Å². The number of nitrogens with one attached hydrogen (secondary N) is 1. The van der Waals surface area contributed by atoms with Gasteiger partial charge >= 0.3 is 6.18 Å². The summed E-state index contributed by atoms with van der Waals surface area (Å²) in [5.41, 5.74) is 5.45. The molecule has 0 spiro atoms. The van der Waals surface area contributed by atoms with Crippen LogP contribution in [0.3, 0.4) is 0 Å². The fourth-order valence-corrected chi connectivity index (χ4v) is 2.40. The predicted octanol–water partition coefficient (Wildman–Crippen LogP) is 1.91. The Morgan fingerprint density at radius 1 is 1.30 bits per heavy atom. The second-order valence-electron chi connectivity index (χ2n) is 4.87. The summed E-state index contributed by atoms with van der Waals surface area (Å²) in [6, 6.07) is -0.510. The Labute approximate surface area is 113 Å². The van der Waals surface area contributed by atoms with Crippen molar-refractivity contribution in [3.05, 3.63) is 18.1 Å². The van der Waals surface area contributed by atoms with Gasteiger partial charge in [0.05, 0.1) is 5.92 Å². The fourth-order valence-electron chi connectivity index (χ4n) is 2.40. The topological polar surface area (TPSA) is 80.9 Å². The average molecular weight is 288 g/mol. The number of hydrogen-bond acceptors (Lipinski definition) is 4. The van der Waals surface area contributed by atoms with Gasteiger partial charge in [0.1, 0.15) is 0 Å². The maximum absolute atomic E-state index is 12.7.